The van der Waals surface area contributed by atoms with Crippen LogP contribution in [0.15, 0.2) is 42.5 Å². The highest BCUT2D eigenvalue weighted by Crippen LogP contribution is 2.26. The van der Waals surface area contributed by atoms with Gasteiger partial charge in [0.2, 0.25) is 0 Å². The molecule has 0 amide bonds. The predicted molar refractivity (Wildman–Crippen MR) is 79.6 cm³/mol. The molecule has 2 aromatic rings. The minimum Gasteiger partial charge on any atom is -0.371 e. The third kappa shape index (κ3) is 3.83. The summed E-state index contributed by atoms with van der Waals surface area (Å²) in [5.41, 5.74) is 2.61. The summed E-state index contributed by atoms with van der Waals surface area (Å²) < 4.78 is 26.2. The number of benzene rings is 2. The number of nitrogens with zero attached hydrogens (tertiary/aromatic N) is 2. The maximum atomic E-state index is 10.8. The van der Waals surface area contributed by atoms with E-state index in [1.54, 1.807) is 30.3 Å². The normalized spacial score (nSPS) is 10.5. The Morgan fingerprint density at radius 1 is 1.09 bits per heavy atom. The highest BCUT2D eigenvalue weighted by Gasteiger charge is 2.08. The van der Waals surface area contributed by atoms with Gasteiger partial charge in [-0.25, -0.2) is 0 Å². The molecule has 0 aliphatic rings. The topological polar surface area (TPSA) is 117 Å². The lowest BCUT2D eigenvalue weighted by atomic mass is 9.97. The quantitative estimate of drug-likeness (QED) is 0.924. The van der Waals surface area contributed by atoms with Gasteiger partial charge in [-0.1, -0.05) is 24.3 Å². The van der Waals surface area contributed by atoms with E-state index < -0.39 is 10.3 Å². The van der Waals surface area contributed by atoms with Crippen molar-refractivity contribution in [2.75, 3.05) is 0 Å². The maximum absolute atomic E-state index is 10.8. The van der Waals surface area contributed by atoms with Crippen LogP contribution >= 0.6 is 0 Å². The van der Waals surface area contributed by atoms with Crippen LogP contribution in [0, 0.1) is 22.7 Å². The predicted octanol–water partition coefficient (Wildman–Crippen LogP) is 1.87. The van der Waals surface area contributed by atoms with Crippen molar-refractivity contribution in [3.05, 3.63) is 53.6 Å². The molecule has 0 unspecified atom stereocenters. The number of nitriles is 2. The van der Waals surface area contributed by atoms with Gasteiger partial charge in [0.05, 0.1) is 24.1 Å². The monoisotopic (exact) mass is 313 g/mol. The van der Waals surface area contributed by atoms with Crippen molar-refractivity contribution in [2.24, 2.45) is 5.14 Å². The molecule has 0 aliphatic carbocycles. The summed E-state index contributed by atoms with van der Waals surface area (Å²) in [6.07, 6.45) is 0.232. The van der Waals surface area contributed by atoms with Gasteiger partial charge in [0, 0.05) is 0 Å². The molecule has 0 aromatic heterocycles. The fourth-order valence-electron chi connectivity index (χ4n) is 1.96. The largest absolute Gasteiger partial charge is 0.380 e. The molecule has 2 aromatic carbocycles. The van der Waals surface area contributed by atoms with Crippen molar-refractivity contribution < 1.29 is 12.6 Å². The van der Waals surface area contributed by atoms with E-state index in [1.807, 2.05) is 6.07 Å². The molecule has 2 N–H and O–H groups in total. The minimum atomic E-state index is -4.06. The summed E-state index contributed by atoms with van der Waals surface area (Å²) in [5.74, 6) is 0.0888. The molecule has 0 saturated carbocycles. The van der Waals surface area contributed by atoms with Gasteiger partial charge in [-0.05, 0) is 34.9 Å². The Labute approximate surface area is 128 Å². The first-order valence-corrected chi connectivity index (χ1v) is 7.62. The lowest BCUT2D eigenvalue weighted by Crippen LogP contribution is -2.18. The van der Waals surface area contributed by atoms with Crippen LogP contribution in [0.5, 0.6) is 5.75 Å². The summed E-state index contributed by atoms with van der Waals surface area (Å²) in [7, 11) is -4.06. The van der Waals surface area contributed by atoms with Crippen LogP contribution < -0.4 is 9.32 Å². The van der Waals surface area contributed by atoms with E-state index >= 15 is 0 Å². The molecule has 7 heteroatoms. The van der Waals surface area contributed by atoms with Gasteiger partial charge < -0.3 is 4.18 Å². The Balaban J connectivity index is 2.36. The average Bonchev–Trinajstić information content (AvgIpc) is 2.47. The third-order valence-corrected chi connectivity index (χ3v) is 3.29. The molecule has 0 aliphatic heterocycles. The Hall–Kier alpha value is -2.87. The Kier molecular flexibility index (Phi) is 4.42. The smallest absolute Gasteiger partial charge is 0.371 e. The van der Waals surface area contributed by atoms with Gasteiger partial charge in [0.1, 0.15) is 5.75 Å². The molecular formula is C15H11N3O3S. The molecule has 0 fully saturated rings. The molecule has 6 nitrogen and oxygen atoms in total. The SMILES string of the molecule is N#CCc1ccc(-c2ccc(OS(N)(=O)=O)cc2)c(C#N)c1. The van der Waals surface area contributed by atoms with E-state index in [0.717, 1.165) is 11.1 Å². The van der Waals surface area contributed by atoms with Crippen LogP contribution in [-0.4, -0.2) is 8.42 Å². The first-order valence-electron chi connectivity index (χ1n) is 6.15. The minimum absolute atomic E-state index is 0.0888. The molecule has 110 valence electrons. The second-order valence-corrected chi connectivity index (χ2v) is 5.58. The van der Waals surface area contributed by atoms with Crippen molar-refractivity contribution in [1.82, 2.24) is 0 Å². The van der Waals surface area contributed by atoms with E-state index in [1.165, 1.54) is 12.1 Å². The summed E-state index contributed by atoms with van der Waals surface area (Å²) in [6, 6.07) is 15.4. The highest BCUT2D eigenvalue weighted by molar-refractivity contribution is 7.84. The van der Waals surface area contributed by atoms with Crippen molar-refractivity contribution in [3.8, 4) is 29.0 Å². The molecule has 2 rings (SSSR count). The number of hydrogen-bond acceptors (Lipinski definition) is 5. The van der Waals surface area contributed by atoms with Gasteiger partial charge in [0.15, 0.2) is 0 Å². The fourth-order valence-corrected chi connectivity index (χ4v) is 2.34. The molecule has 0 radical (unpaired) electrons. The molecule has 0 atom stereocenters. The van der Waals surface area contributed by atoms with Gasteiger partial charge in [-0.2, -0.15) is 24.1 Å². The number of rotatable bonds is 4. The molecule has 0 spiro atoms. The molecule has 22 heavy (non-hydrogen) atoms. The highest BCUT2D eigenvalue weighted by atomic mass is 32.2. The van der Waals surface area contributed by atoms with E-state index in [2.05, 4.69) is 10.3 Å². The second-order valence-electron chi connectivity index (χ2n) is 4.43. The van der Waals surface area contributed by atoms with E-state index in [9.17, 15) is 13.7 Å². The Morgan fingerprint density at radius 3 is 2.32 bits per heavy atom. The molecule has 0 bridgehead atoms. The molecule has 0 saturated heterocycles. The zero-order valence-corrected chi connectivity index (χ0v) is 12.2. The first kappa shape index (κ1) is 15.5. The van der Waals surface area contributed by atoms with Crippen molar-refractivity contribution >= 4 is 10.3 Å². The van der Waals surface area contributed by atoms with Crippen molar-refractivity contribution in [2.45, 2.75) is 6.42 Å². The fraction of sp³-hybridized carbons (Fsp3) is 0.0667. The van der Waals surface area contributed by atoms with Crippen LogP contribution in [0.2, 0.25) is 0 Å². The standard InChI is InChI=1S/C15H11N3O3S/c16-8-7-11-1-6-15(13(9-11)10-17)12-2-4-14(5-3-12)21-22(18,19)20/h1-6,9H,7H2,(H2,18,19,20). The zero-order valence-electron chi connectivity index (χ0n) is 11.4. The summed E-state index contributed by atoms with van der Waals surface area (Å²) >= 11 is 0. The van der Waals surface area contributed by atoms with Gasteiger partial charge in [-0.15, -0.1) is 0 Å². The van der Waals surface area contributed by atoms with E-state index in [0.29, 0.717) is 11.1 Å². The van der Waals surface area contributed by atoms with E-state index in [-0.39, 0.29) is 12.2 Å². The maximum Gasteiger partial charge on any atom is 0.380 e. The molecule has 0 heterocycles. The van der Waals surface area contributed by atoms with E-state index in [4.69, 9.17) is 10.4 Å². The average molecular weight is 313 g/mol. The van der Waals surface area contributed by atoms with Crippen LogP contribution in [0.3, 0.4) is 0 Å². The van der Waals surface area contributed by atoms with Gasteiger partial charge >= 0.3 is 10.3 Å². The second kappa shape index (κ2) is 6.27. The molecular weight excluding hydrogens is 302 g/mol. The lowest BCUT2D eigenvalue weighted by Gasteiger charge is -2.07. The Morgan fingerprint density at radius 2 is 1.77 bits per heavy atom. The van der Waals surface area contributed by atoms with Crippen LogP contribution in [-0.2, 0) is 16.7 Å². The summed E-state index contributed by atoms with van der Waals surface area (Å²) in [6.45, 7) is 0. The van der Waals surface area contributed by atoms with Crippen molar-refractivity contribution in [1.29, 1.82) is 10.5 Å². The van der Waals surface area contributed by atoms with Gasteiger partial charge in [-0.3, -0.25) is 0 Å². The van der Waals surface area contributed by atoms with Crippen LogP contribution in [0.25, 0.3) is 11.1 Å². The Bertz CT molecular complexity index is 876. The number of hydrogen-bond donors (Lipinski definition) is 1. The van der Waals surface area contributed by atoms with Crippen LogP contribution in [0.4, 0.5) is 0 Å². The number of nitrogens with two attached hydrogens (primary N) is 1. The lowest BCUT2D eigenvalue weighted by molar-refractivity contribution is 0.488. The van der Waals surface area contributed by atoms with Crippen LogP contribution in [0.1, 0.15) is 11.1 Å². The van der Waals surface area contributed by atoms with Crippen molar-refractivity contribution in [3.63, 3.8) is 0 Å². The summed E-state index contributed by atoms with van der Waals surface area (Å²) in [5, 5.41) is 22.7. The zero-order chi connectivity index (χ0) is 16.2. The summed E-state index contributed by atoms with van der Waals surface area (Å²) in [4.78, 5) is 0. The first-order chi connectivity index (χ1) is 10.4. The third-order valence-electron chi connectivity index (χ3n) is 2.87. The van der Waals surface area contributed by atoms with Gasteiger partial charge in [0.25, 0.3) is 0 Å².